The molecule has 23 heavy (non-hydrogen) atoms. The Bertz CT molecular complexity index is 659. The van der Waals surface area contributed by atoms with E-state index in [1.165, 1.54) is 16.9 Å². The van der Waals surface area contributed by atoms with E-state index in [-0.39, 0.29) is 25.0 Å². The lowest BCUT2D eigenvalue weighted by Gasteiger charge is -2.34. The van der Waals surface area contributed by atoms with Gasteiger partial charge >= 0.3 is 0 Å². The summed E-state index contributed by atoms with van der Waals surface area (Å²) in [6.07, 6.45) is 0.665. The van der Waals surface area contributed by atoms with E-state index in [2.05, 4.69) is 4.98 Å². The average molecular weight is 332 g/mol. The zero-order valence-corrected chi connectivity index (χ0v) is 13.6. The number of hydrogen-bond donors (Lipinski definition) is 2. The summed E-state index contributed by atoms with van der Waals surface area (Å²) in [4.78, 5) is 18.6. The Morgan fingerprint density at radius 2 is 2.13 bits per heavy atom. The molecule has 0 aliphatic carbocycles. The number of hydrogen-bond acceptors (Lipinski definition) is 5. The Morgan fingerprint density at radius 3 is 2.83 bits per heavy atom. The number of benzene rings is 1. The van der Waals surface area contributed by atoms with Crippen LogP contribution in [0.3, 0.4) is 0 Å². The van der Waals surface area contributed by atoms with Crippen molar-refractivity contribution in [2.45, 2.75) is 18.9 Å². The third-order valence-corrected chi connectivity index (χ3v) is 5.06. The molecule has 2 N–H and O–H groups in total. The molecule has 0 spiro atoms. The van der Waals surface area contributed by atoms with Gasteiger partial charge in [-0.2, -0.15) is 0 Å². The van der Waals surface area contributed by atoms with Crippen LogP contribution in [-0.2, 0) is 6.42 Å². The molecule has 6 heteroatoms. The van der Waals surface area contributed by atoms with Gasteiger partial charge in [0.05, 0.1) is 11.1 Å². The molecule has 1 aliphatic rings. The van der Waals surface area contributed by atoms with Gasteiger partial charge in [0, 0.05) is 37.4 Å². The maximum atomic E-state index is 12.5. The molecule has 0 saturated carbocycles. The number of rotatable bonds is 4. The van der Waals surface area contributed by atoms with Crippen molar-refractivity contribution in [1.29, 1.82) is 0 Å². The van der Waals surface area contributed by atoms with Gasteiger partial charge < -0.3 is 15.1 Å². The first-order chi connectivity index (χ1) is 11.2. The number of piperidine rings is 1. The molecule has 2 heterocycles. The van der Waals surface area contributed by atoms with E-state index in [9.17, 15) is 15.0 Å². The van der Waals surface area contributed by atoms with Crippen LogP contribution in [0.5, 0.6) is 0 Å². The van der Waals surface area contributed by atoms with Crippen LogP contribution in [0, 0.1) is 5.92 Å². The van der Waals surface area contributed by atoms with Crippen molar-refractivity contribution in [1.82, 2.24) is 9.88 Å². The smallest absolute Gasteiger partial charge is 0.273 e. The molecule has 1 aliphatic heterocycles. The third-order valence-electron chi connectivity index (χ3n) is 4.21. The van der Waals surface area contributed by atoms with Gasteiger partial charge in [0.1, 0.15) is 5.69 Å². The fourth-order valence-corrected chi connectivity index (χ4v) is 3.60. The van der Waals surface area contributed by atoms with Crippen molar-refractivity contribution in [2.24, 2.45) is 5.92 Å². The molecule has 1 fully saturated rings. The Balaban J connectivity index is 1.65. The summed E-state index contributed by atoms with van der Waals surface area (Å²) in [6, 6.07) is 10.0. The van der Waals surface area contributed by atoms with E-state index in [0.29, 0.717) is 25.1 Å². The number of thiazole rings is 1. The van der Waals surface area contributed by atoms with Gasteiger partial charge in [0.2, 0.25) is 0 Å². The molecule has 3 rings (SSSR count). The van der Waals surface area contributed by atoms with E-state index < -0.39 is 6.10 Å². The maximum absolute atomic E-state index is 12.5. The van der Waals surface area contributed by atoms with Gasteiger partial charge in [-0.15, -0.1) is 11.3 Å². The summed E-state index contributed by atoms with van der Waals surface area (Å²) in [6.45, 7) is 0.767. The lowest BCUT2D eigenvalue weighted by Crippen LogP contribution is -2.47. The van der Waals surface area contributed by atoms with Crippen LogP contribution < -0.4 is 0 Å². The Morgan fingerprint density at radius 1 is 1.35 bits per heavy atom. The number of aromatic nitrogens is 1. The first kappa shape index (κ1) is 16.1. The number of likely N-dealkylation sites (tertiary alicyclic amines) is 1. The van der Waals surface area contributed by atoms with Gasteiger partial charge in [-0.25, -0.2) is 4.98 Å². The van der Waals surface area contributed by atoms with Crippen LogP contribution in [0.25, 0.3) is 0 Å². The fourth-order valence-electron chi connectivity index (χ4n) is 2.80. The molecule has 1 amide bonds. The summed E-state index contributed by atoms with van der Waals surface area (Å²) < 4.78 is 0. The van der Waals surface area contributed by atoms with E-state index in [0.717, 1.165) is 5.01 Å². The van der Waals surface area contributed by atoms with Crippen molar-refractivity contribution < 1.29 is 15.0 Å². The minimum Gasteiger partial charge on any atom is -0.396 e. The predicted molar refractivity (Wildman–Crippen MR) is 88.5 cm³/mol. The topological polar surface area (TPSA) is 73.7 Å². The van der Waals surface area contributed by atoms with E-state index in [1.807, 2.05) is 30.3 Å². The fraction of sp³-hybridized carbons (Fsp3) is 0.412. The zero-order valence-electron chi connectivity index (χ0n) is 12.8. The van der Waals surface area contributed by atoms with Gasteiger partial charge in [0.25, 0.3) is 5.91 Å². The Labute approximate surface area is 139 Å². The molecule has 1 saturated heterocycles. The number of aliphatic hydroxyl groups excluding tert-OH is 2. The highest BCUT2D eigenvalue weighted by Gasteiger charge is 2.30. The number of nitrogens with zero attached hydrogens (tertiary/aromatic N) is 2. The summed E-state index contributed by atoms with van der Waals surface area (Å²) in [7, 11) is 0. The van der Waals surface area contributed by atoms with Gasteiger partial charge in [-0.05, 0) is 12.0 Å². The predicted octanol–water partition coefficient (Wildman–Crippen LogP) is 1.55. The van der Waals surface area contributed by atoms with Crippen molar-refractivity contribution >= 4 is 17.2 Å². The molecule has 1 aromatic carbocycles. The van der Waals surface area contributed by atoms with Crippen LogP contribution in [0.1, 0.15) is 27.5 Å². The Hall–Kier alpha value is -1.76. The summed E-state index contributed by atoms with van der Waals surface area (Å²) >= 11 is 1.48. The number of β-amino-alcohol motifs (C(OH)–C–C–N with tert-alkyl or cyclic N) is 1. The Kier molecular flexibility index (Phi) is 5.05. The first-order valence-electron chi connectivity index (χ1n) is 7.74. The second kappa shape index (κ2) is 7.21. The molecule has 1 aromatic heterocycles. The highest BCUT2D eigenvalue weighted by atomic mass is 32.1. The standard InChI is InChI=1S/C17H20N2O3S/c20-10-13-6-7-19(9-15(13)21)17(22)14-11-23-16(18-14)8-12-4-2-1-3-5-12/h1-5,11,13,15,20-21H,6-10H2/t13-,15+/m1/s1. The monoisotopic (exact) mass is 332 g/mol. The quantitative estimate of drug-likeness (QED) is 0.891. The average Bonchev–Trinajstić information content (AvgIpc) is 3.03. The third kappa shape index (κ3) is 3.77. The minimum absolute atomic E-state index is 0.0406. The second-order valence-electron chi connectivity index (χ2n) is 5.84. The molecule has 5 nitrogen and oxygen atoms in total. The van der Waals surface area contributed by atoms with E-state index in [4.69, 9.17) is 0 Å². The van der Waals surface area contributed by atoms with Crippen LogP contribution >= 0.6 is 11.3 Å². The normalized spacial score (nSPS) is 21.4. The molecular weight excluding hydrogens is 312 g/mol. The van der Waals surface area contributed by atoms with Crippen LogP contribution in [-0.4, -0.2) is 51.8 Å². The lowest BCUT2D eigenvalue weighted by atomic mass is 9.94. The van der Waals surface area contributed by atoms with Gasteiger partial charge in [0.15, 0.2) is 0 Å². The number of amides is 1. The number of aliphatic hydroxyl groups is 2. The maximum Gasteiger partial charge on any atom is 0.273 e. The van der Waals surface area contributed by atoms with Gasteiger partial charge in [-0.3, -0.25) is 4.79 Å². The number of carbonyl (C=O) groups is 1. The molecule has 0 bridgehead atoms. The highest BCUT2D eigenvalue weighted by Crippen LogP contribution is 2.21. The van der Waals surface area contributed by atoms with Crippen molar-refractivity contribution in [2.75, 3.05) is 19.7 Å². The minimum atomic E-state index is -0.667. The van der Waals surface area contributed by atoms with Crippen LogP contribution in [0.2, 0.25) is 0 Å². The zero-order chi connectivity index (χ0) is 16.2. The summed E-state index contributed by atoms with van der Waals surface area (Å²) in [5.74, 6) is -0.279. The molecule has 2 atom stereocenters. The largest absolute Gasteiger partial charge is 0.396 e. The molecule has 0 unspecified atom stereocenters. The van der Waals surface area contributed by atoms with Crippen LogP contribution in [0.15, 0.2) is 35.7 Å². The second-order valence-corrected chi connectivity index (χ2v) is 6.78. The highest BCUT2D eigenvalue weighted by molar-refractivity contribution is 7.09. The van der Waals surface area contributed by atoms with Crippen molar-refractivity contribution in [3.63, 3.8) is 0 Å². The summed E-state index contributed by atoms with van der Waals surface area (Å²) in [5, 5.41) is 21.8. The van der Waals surface area contributed by atoms with E-state index >= 15 is 0 Å². The lowest BCUT2D eigenvalue weighted by molar-refractivity contribution is 0.000684. The van der Waals surface area contributed by atoms with E-state index in [1.54, 1.807) is 10.3 Å². The van der Waals surface area contributed by atoms with Gasteiger partial charge in [-0.1, -0.05) is 30.3 Å². The van der Waals surface area contributed by atoms with Crippen LogP contribution in [0.4, 0.5) is 0 Å². The molecule has 2 aromatic rings. The SMILES string of the molecule is O=C(c1csc(Cc2ccccc2)n1)N1CC[C@H](CO)[C@@H](O)C1. The molecular formula is C17H20N2O3S. The molecule has 122 valence electrons. The summed E-state index contributed by atoms with van der Waals surface area (Å²) in [5.41, 5.74) is 1.61. The number of carbonyl (C=O) groups excluding carboxylic acids is 1. The first-order valence-corrected chi connectivity index (χ1v) is 8.62. The van der Waals surface area contributed by atoms with Crippen molar-refractivity contribution in [3.8, 4) is 0 Å². The van der Waals surface area contributed by atoms with Crippen molar-refractivity contribution in [3.05, 3.63) is 52.0 Å². The molecule has 0 radical (unpaired) electrons.